The number of fused-ring (bicyclic) bond motifs is 2. The van der Waals surface area contributed by atoms with E-state index in [0.29, 0.717) is 18.8 Å². The van der Waals surface area contributed by atoms with Crippen LogP contribution >= 0.6 is 27.3 Å². The van der Waals surface area contributed by atoms with E-state index in [-0.39, 0.29) is 16.5 Å². The third kappa shape index (κ3) is 2.93. The van der Waals surface area contributed by atoms with Crippen molar-refractivity contribution < 1.29 is 13.2 Å². The van der Waals surface area contributed by atoms with Gasteiger partial charge in [0.25, 0.3) is 5.56 Å². The summed E-state index contributed by atoms with van der Waals surface area (Å²) in [5, 5.41) is 2.16. The quantitative estimate of drug-likeness (QED) is 0.536. The predicted molar refractivity (Wildman–Crippen MR) is 95.5 cm³/mol. The summed E-state index contributed by atoms with van der Waals surface area (Å²) in [6.07, 6.45) is -1.92. The molecule has 1 aliphatic heterocycles. The number of aromatic nitrogens is 2. The van der Waals surface area contributed by atoms with Crippen LogP contribution in [0.5, 0.6) is 0 Å². The summed E-state index contributed by atoms with van der Waals surface area (Å²) in [7, 11) is 0. The van der Waals surface area contributed by atoms with Crippen LogP contribution < -0.4 is 5.56 Å². The van der Waals surface area contributed by atoms with Crippen molar-refractivity contribution in [2.45, 2.75) is 19.1 Å². The summed E-state index contributed by atoms with van der Waals surface area (Å²) in [5.41, 5.74) is 0.788. The lowest BCUT2D eigenvalue weighted by Gasteiger charge is -2.09. The average Bonchev–Trinajstić information content (AvgIpc) is 3.13. The molecule has 2 aromatic heterocycles. The highest BCUT2D eigenvalue weighted by Gasteiger charge is 2.31. The van der Waals surface area contributed by atoms with Gasteiger partial charge in [-0.25, -0.2) is 4.98 Å². The van der Waals surface area contributed by atoms with Gasteiger partial charge in [-0.2, -0.15) is 13.2 Å². The van der Waals surface area contributed by atoms with Crippen LogP contribution in [0.1, 0.15) is 23.4 Å². The van der Waals surface area contributed by atoms with Crippen LogP contribution in [0.3, 0.4) is 0 Å². The first-order valence-corrected chi connectivity index (χ1v) is 9.07. The van der Waals surface area contributed by atoms with Gasteiger partial charge in [0.1, 0.15) is 5.82 Å². The smallest absolute Gasteiger partial charge is 0.292 e. The molecule has 0 fully saturated rings. The fourth-order valence-corrected chi connectivity index (χ4v) is 4.06. The molecule has 0 unspecified atom stereocenters. The molecule has 0 saturated carbocycles. The Hall–Kier alpha value is -1.93. The molecular formula is C17H10BrF3N2OS. The predicted octanol–water partition coefficient (Wildman–Crippen LogP) is 5.18. The molecule has 1 aliphatic rings. The van der Waals surface area contributed by atoms with E-state index in [1.165, 1.54) is 22.0 Å². The van der Waals surface area contributed by atoms with Crippen LogP contribution in [-0.4, -0.2) is 9.55 Å². The van der Waals surface area contributed by atoms with E-state index in [0.717, 1.165) is 27.1 Å². The van der Waals surface area contributed by atoms with Crippen LogP contribution in [0.4, 0.5) is 13.2 Å². The molecule has 1 aromatic carbocycles. The minimum atomic E-state index is -4.47. The van der Waals surface area contributed by atoms with E-state index in [9.17, 15) is 18.0 Å². The van der Waals surface area contributed by atoms with Crippen molar-refractivity contribution in [3.05, 3.63) is 60.7 Å². The highest BCUT2D eigenvalue weighted by molar-refractivity contribution is 9.11. The van der Waals surface area contributed by atoms with E-state index in [1.54, 1.807) is 0 Å². The SMILES string of the molecule is O=c1c2ccc(C(F)(F)F)cc2nc2n1CC/C2=C/c1csc(Br)c1. The van der Waals surface area contributed by atoms with E-state index >= 15 is 0 Å². The minimum Gasteiger partial charge on any atom is -0.292 e. The van der Waals surface area contributed by atoms with Crippen molar-refractivity contribution in [3.63, 3.8) is 0 Å². The molecule has 0 aliphatic carbocycles. The number of hydrogen-bond acceptors (Lipinski definition) is 3. The summed E-state index contributed by atoms with van der Waals surface area (Å²) < 4.78 is 41.3. The van der Waals surface area contributed by atoms with Gasteiger partial charge < -0.3 is 0 Å². The van der Waals surface area contributed by atoms with E-state index in [2.05, 4.69) is 20.9 Å². The summed E-state index contributed by atoms with van der Waals surface area (Å²) in [6, 6.07) is 5.02. The number of thiophene rings is 1. The van der Waals surface area contributed by atoms with Gasteiger partial charge >= 0.3 is 6.18 Å². The Kier molecular flexibility index (Phi) is 3.84. The van der Waals surface area contributed by atoms with Crippen molar-refractivity contribution in [1.29, 1.82) is 0 Å². The van der Waals surface area contributed by atoms with E-state index in [4.69, 9.17) is 0 Å². The van der Waals surface area contributed by atoms with Gasteiger partial charge in [0, 0.05) is 6.54 Å². The Balaban J connectivity index is 1.90. The van der Waals surface area contributed by atoms with Crippen molar-refractivity contribution in [2.75, 3.05) is 0 Å². The summed E-state index contributed by atoms with van der Waals surface area (Å²) >= 11 is 4.93. The topological polar surface area (TPSA) is 34.9 Å². The second kappa shape index (κ2) is 5.81. The Morgan fingerprint density at radius 1 is 1.28 bits per heavy atom. The van der Waals surface area contributed by atoms with Gasteiger partial charge in [-0.1, -0.05) is 0 Å². The van der Waals surface area contributed by atoms with Gasteiger partial charge in [-0.15, -0.1) is 11.3 Å². The van der Waals surface area contributed by atoms with Crippen LogP contribution in [0.2, 0.25) is 0 Å². The fraction of sp³-hybridized carbons (Fsp3) is 0.176. The summed E-state index contributed by atoms with van der Waals surface area (Å²) in [6.45, 7) is 0.481. The monoisotopic (exact) mass is 426 g/mol. The average molecular weight is 427 g/mol. The molecule has 3 nitrogen and oxygen atoms in total. The molecule has 0 N–H and O–H groups in total. The van der Waals surface area contributed by atoms with Crippen LogP contribution in [0, 0.1) is 0 Å². The van der Waals surface area contributed by atoms with Gasteiger partial charge in [0.15, 0.2) is 0 Å². The zero-order chi connectivity index (χ0) is 17.8. The summed E-state index contributed by atoms with van der Waals surface area (Å²) in [4.78, 5) is 17.0. The Labute approximate surface area is 152 Å². The number of allylic oxidation sites excluding steroid dienone is 1. The number of nitrogens with zero attached hydrogens (tertiary/aromatic N) is 2. The lowest BCUT2D eigenvalue weighted by atomic mass is 10.1. The van der Waals surface area contributed by atoms with Gasteiger partial charge in [0.05, 0.1) is 20.3 Å². The molecule has 0 atom stereocenters. The second-order valence-electron chi connectivity index (χ2n) is 5.73. The number of benzene rings is 1. The molecule has 3 aromatic rings. The highest BCUT2D eigenvalue weighted by atomic mass is 79.9. The van der Waals surface area contributed by atoms with Crippen LogP contribution in [0.25, 0.3) is 22.6 Å². The van der Waals surface area contributed by atoms with Gasteiger partial charge in [0.2, 0.25) is 0 Å². The zero-order valence-corrected chi connectivity index (χ0v) is 15.0. The molecule has 8 heteroatoms. The van der Waals surface area contributed by atoms with Crippen LogP contribution in [-0.2, 0) is 12.7 Å². The number of halogens is 4. The van der Waals surface area contributed by atoms with E-state index < -0.39 is 11.7 Å². The molecule has 128 valence electrons. The molecular weight excluding hydrogens is 417 g/mol. The van der Waals surface area contributed by atoms with E-state index in [1.807, 2.05) is 17.5 Å². The standard InChI is InChI=1S/C17H10BrF3N2OS/c18-14-6-9(8-25-14)5-10-3-4-23-15(10)22-13-7-11(17(19,20)21)1-2-12(13)16(23)24/h1-2,5-8H,3-4H2/b10-5-. The summed E-state index contributed by atoms with van der Waals surface area (Å²) in [5.74, 6) is 0.444. The first-order chi connectivity index (χ1) is 11.8. The Bertz CT molecular complexity index is 1080. The molecule has 0 spiro atoms. The van der Waals surface area contributed by atoms with Crippen molar-refractivity contribution in [1.82, 2.24) is 9.55 Å². The Morgan fingerprint density at radius 3 is 2.76 bits per heavy atom. The largest absolute Gasteiger partial charge is 0.416 e. The maximum atomic E-state index is 12.9. The molecule has 0 radical (unpaired) electrons. The highest BCUT2D eigenvalue weighted by Crippen LogP contribution is 2.33. The third-order valence-electron chi connectivity index (χ3n) is 4.10. The molecule has 0 bridgehead atoms. The first kappa shape index (κ1) is 16.5. The molecule has 4 rings (SSSR count). The Morgan fingerprint density at radius 2 is 2.08 bits per heavy atom. The number of alkyl halides is 3. The maximum absolute atomic E-state index is 12.9. The lowest BCUT2D eigenvalue weighted by molar-refractivity contribution is -0.137. The third-order valence-corrected chi connectivity index (χ3v) is 5.63. The number of rotatable bonds is 1. The van der Waals surface area contributed by atoms with Crippen molar-refractivity contribution in [3.8, 4) is 0 Å². The normalized spacial score (nSPS) is 15.9. The van der Waals surface area contributed by atoms with Gasteiger partial charge in [-0.05, 0) is 69.2 Å². The van der Waals surface area contributed by atoms with Crippen molar-refractivity contribution >= 4 is 49.8 Å². The van der Waals surface area contributed by atoms with Gasteiger partial charge in [-0.3, -0.25) is 9.36 Å². The number of hydrogen-bond donors (Lipinski definition) is 0. The molecule has 0 saturated heterocycles. The molecule has 0 amide bonds. The zero-order valence-electron chi connectivity index (χ0n) is 12.6. The maximum Gasteiger partial charge on any atom is 0.416 e. The molecule has 3 heterocycles. The second-order valence-corrected chi connectivity index (χ2v) is 8.02. The first-order valence-electron chi connectivity index (χ1n) is 7.40. The minimum absolute atomic E-state index is 0.0744. The van der Waals surface area contributed by atoms with Crippen molar-refractivity contribution in [2.24, 2.45) is 0 Å². The molecule has 25 heavy (non-hydrogen) atoms. The fourth-order valence-electron chi connectivity index (χ4n) is 2.93. The van der Waals surface area contributed by atoms with Crippen LogP contribution in [0.15, 0.2) is 38.2 Å². The lowest BCUT2D eigenvalue weighted by Crippen LogP contribution is -2.21.